The van der Waals surface area contributed by atoms with E-state index in [0.717, 1.165) is 18.4 Å². The van der Waals surface area contributed by atoms with Crippen molar-refractivity contribution in [2.24, 2.45) is 5.92 Å². The predicted octanol–water partition coefficient (Wildman–Crippen LogP) is 3.28. The number of esters is 1. The van der Waals surface area contributed by atoms with Crippen molar-refractivity contribution in [3.8, 4) is 0 Å². The maximum absolute atomic E-state index is 13.9. The molecule has 0 saturated carbocycles. The summed E-state index contributed by atoms with van der Waals surface area (Å²) in [6.45, 7) is 10.1. The van der Waals surface area contributed by atoms with E-state index in [4.69, 9.17) is 14.2 Å². The van der Waals surface area contributed by atoms with Gasteiger partial charge >= 0.3 is 12.1 Å². The van der Waals surface area contributed by atoms with Crippen molar-refractivity contribution in [3.05, 3.63) is 35.9 Å². The number of hydrogen-bond acceptors (Lipinski definition) is 7. The fourth-order valence-corrected chi connectivity index (χ4v) is 5.16. The van der Waals surface area contributed by atoms with Gasteiger partial charge in [0.05, 0.1) is 19.1 Å². The third-order valence-electron chi connectivity index (χ3n) is 7.11. The van der Waals surface area contributed by atoms with E-state index in [2.05, 4.69) is 5.32 Å². The number of nitrogens with zero attached hydrogens (tertiary/aromatic N) is 2. The minimum atomic E-state index is -1.30. The van der Waals surface area contributed by atoms with Gasteiger partial charge in [-0.1, -0.05) is 30.3 Å². The summed E-state index contributed by atoms with van der Waals surface area (Å²) in [5.74, 6) is -1.83. The summed E-state index contributed by atoms with van der Waals surface area (Å²) in [5, 5.41) is 2.91. The molecule has 0 spiro atoms. The molecule has 216 valence electrons. The number of carbonyl (C=O) groups is 4. The number of benzene rings is 1. The van der Waals surface area contributed by atoms with Gasteiger partial charge in [0.1, 0.15) is 17.2 Å². The third kappa shape index (κ3) is 8.17. The number of likely N-dealkylation sites (tertiary alicyclic amines) is 2. The molecule has 2 heterocycles. The topological polar surface area (TPSA) is 114 Å². The summed E-state index contributed by atoms with van der Waals surface area (Å²) in [6.07, 6.45) is 1.50. The standard InChI is InChI=1S/C29H43N3O7/c1-21(38-22(2)33)24(25(34)31-15-9-10-16-31)18-30-26(35)29(20-37-19-23-12-7-6-8-13-23)14-11-17-32(29)27(36)39-28(3,4)5/h6-8,12-13,21,24H,9-11,14-20H2,1-5H3,(H,30,35). The highest BCUT2D eigenvalue weighted by Gasteiger charge is 2.51. The molecule has 0 bridgehead atoms. The van der Waals surface area contributed by atoms with Crippen LogP contribution in [0.3, 0.4) is 0 Å². The highest BCUT2D eigenvalue weighted by atomic mass is 16.6. The van der Waals surface area contributed by atoms with Gasteiger partial charge in [0.2, 0.25) is 11.8 Å². The van der Waals surface area contributed by atoms with Gasteiger partial charge in [0, 0.05) is 33.1 Å². The van der Waals surface area contributed by atoms with Crippen molar-refractivity contribution in [1.29, 1.82) is 0 Å². The minimum Gasteiger partial charge on any atom is -0.462 e. The molecule has 3 unspecified atom stereocenters. The van der Waals surface area contributed by atoms with Crippen molar-refractivity contribution >= 4 is 23.9 Å². The molecule has 0 aromatic heterocycles. The van der Waals surface area contributed by atoms with E-state index >= 15 is 0 Å². The Kier molecular flexibility index (Phi) is 10.4. The molecular weight excluding hydrogens is 502 g/mol. The van der Waals surface area contributed by atoms with Crippen LogP contribution in [0.2, 0.25) is 0 Å². The molecule has 1 N–H and O–H groups in total. The maximum Gasteiger partial charge on any atom is 0.411 e. The highest BCUT2D eigenvalue weighted by Crippen LogP contribution is 2.32. The van der Waals surface area contributed by atoms with E-state index in [1.165, 1.54) is 11.8 Å². The number of ether oxygens (including phenoxy) is 3. The monoisotopic (exact) mass is 545 g/mol. The van der Waals surface area contributed by atoms with Crippen LogP contribution in [0.5, 0.6) is 0 Å². The molecule has 0 radical (unpaired) electrons. The van der Waals surface area contributed by atoms with Gasteiger partial charge in [-0.25, -0.2) is 4.79 Å². The molecule has 2 aliphatic heterocycles. The lowest BCUT2D eigenvalue weighted by Crippen LogP contribution is -2.61. The van der Waals surface area contributed by atoms with E-state index in [1.54, 1.807) is 32.6 Å². The van der Waals surface area contributed by atoms with Crippen molar-refractivity contribution in [2.75, 3.05) is 32.8 Å². The summed E-state index contributed by atoms with van der Waals surface area (Å²) < 4.78 is 17.0. The van der Waals surface area contributed by atoms with Crippen molar-refractivity contribution in [3.63, 3.8) is 0 Å². The lowest BCUT2D eigenvalue weighted by Gasteiger charge is -2.38. The Morgan fingerprint density at radius 2 is 1.69 bits per heavy atom. The molecule has 10 heteroatoms. The summed E-state index contributed by atoms with van der Waals surface area (Å²) >= 11 is 0. The van der Waals surface area contributed by atoms with Gasteiger partial charge in [-0.15, -0.1) is 0 Å². The fraction of sp³-hybridized carbons (Fsp3) is 0.655. The zero-order valence-electron chi connectivity index (χ0n) is 23.9. The molecule has 39 heavy (non-hydrogen) atoms. The van der Waals surface area contributed by atoms with Gasteiger partial charge in [0.15, 0.2) is 0 Å². The van der Waals surface area contributed by atoms with Crippen LogP contribution in [0.4, 0.5) is 4.79 Å². The first kappa shape index (κ1) is 30.4. The zero-order chi connectivity index (χ0) is 28.6. The second-order valence-corrected chi connectivity index (χ2v) is 11.4. The molecule has 1 aromatic carbocycles. The molecular formula is C29H43N3O7. The highest BCUT2D eigenvalue weighted by molar-refractivity contribution is 5.91. The minimum absolute atomic E-state index is 0.0305. The normalized spacial score (nSPS) is 20.8. The van der Waals surface area contributed by atoms with Gasteiger partial charge in [-0.05, 0) is 58.9 Å². The van der Waals surface area contributed by atoms with Crippen molar-refractivity contribution in [1.82, 2.24) is 15.1 Å². The fourth-order valence-electron chi connectivity index (χ4n) is 5.16. The average molecular weight is 546 g/mol. The van der Waals surface area contributed by atoms with Gasteiger partial charge in [-0.3, -0.25) is 19.3 Å². The van der Waals surface area contributed by atoms with Crippen LogP contribution >= 0.6 is 0 Å². The van der Waals surface area contributed by atoms with Gasteiger partial charge < -0.3 is 24.4 Å². The van der Waals surface area contributed by atoms with Crippen LogP contribution < -0.4 is 5.32 Å². The molecule has 10 nitrogen and oxygen atoms in total. The first-order valence-electron chi connectivity index (χ1n) is 13.8. The second-order valence-electron chi connectivity index (χ2n) is 11.4. The van der Waals surface area contributed by atoms with E-state index in [0.29, 0.717) is 32.5 Å². The van der Waals surface area contributed by atoms with E-state index in [1.807, 2.05) is 30.3 Å². The Bertz CT molecular complexity index is 1000. The molecule has 3 amide bonds. The summed E-state index contributed by atoms with van der Waals surface area (Å²) in [4.78, 5) is 55.3. The Balaban J connectivity index is 1.80. The number of hydrogen-bond donors (Lipinski definition) is 1. The number of nitrogens with one attached hydrogen (secondary N) is 1. The van der Waals surface area contributed by atoms with Crippen molar-refractivity contribution < 1.29 is 33.4 Å². The van der Waals surface area contributed by atoms with Crippen LogP contribution in [-0.4, -0.2) is 83.7 Å². The van der Waals surface area contributed by atoms with Crippen LogP contribution in [0, 0.1) is 5.92 Å². The molecule has 2 fully saturated rings. The quantitative estimate of drug-likeness (QED) is 0.449. The molecule has 3 atom stereocenters. The van der Waals surface area contributed by atoms with Gasteiger partial charge in [0.25, 0.3) is 0 Å². The summed E-state index contributed by atoms with van der Waals surface area (Å²) in [7, 11) is 0. The lowest BCUT2D eigenvalue weighted by molar-refractivity contribution is -0.152. The van der Waals surface area contributed by atoms with Crippen LogP contribution in [0.15, 0.2) is 30.3 Å². The Morgan fingerprint density at radius 1 is 1.03 bits per heavy atom. The number of rotatable bonds is 10. The smallest absolute Gasteiger partial charge is 0.411 e. The lowest BCUT2D eigenvalue weighted by atomic mass is 9.94. The van der Waals surface area contributed by atoms with Gasteiger partial charge in [-0.2, -0.15) is 0 Å². The first-order chi connectivity index (χ1) is 18.4. The van der Waals surface area contributed by atoms with E-state index in [-0.39, 0.29) is 25.7 Å². The Labute approximate surface area is 231 Å². The predicted molar refractivity (Wildman–Crippen MR) is 145 cm³/mol. The molecule has 2 saturated heterocycles. The number of carbonyl (C=O) groups excluding carboxylic acids is 4. The van der Waals surface area contributed by atoms with Crippen molar-refractivity contribution in [2.45, 2.75) is 84.2 Å². The summed E-state index contributed by atoms with van der Waals surface area (Å²) in [5.41, 5.74) is -1.09. The Morgan fingerprint density at radius 3 is 2.31 bits per heavy atom. The molecule has 3 rings (SSSR count). The summed E-state index contributed by atoms with van der Waals surface area (Å²) in [6, 6.07) is 9.59. The van der Waals surface area contributed by atoms with E-state index in [9.17, 15) is 19.2 Å². The van der Waals surface area contributed by atoms with Crippen LogP contribution in [0.1, 0.15) is 65.9 Å². The van der Waals surface area contributed by atoms with Crippen LogP contribution in [-0.2, 0) is 35.2 Å². The van der Waals surface area contributed by atoms with Crippen LogP contribution in [0.25, 0.3) is 0 Å². The second kappa shape index (κ2) is 13.3. The average Bonchev–Trinajstić information content (AvgIpc) is 3.54. The first-order valence-corrected chi connectivity index (χ1v) is 13.8. The molecule has 1 aromatic rings. The number of amides is 3. The maximum atomic E-state index is 13.9. The molecule has 0 aliphatic carbocycles. The van der Waals surface area contributed by atoms with E-state index < -0.39 is 41.1 Å². The molecule has 2 aliphatic rings. The SMILES string of the molecule is CC(=O)OC(C)C(CNC(=O)C1(COCc2ccccc2)CCCN1C(=O)OC(C)(C)C)C(=O)N1CCCC1. The Hall–Kier alpha value is -3.14. The third-order valence-corrected chi connectivity index (χ3v) is 7.11. The zero-order valence-corrected chi connectivity index (χ0v) is 23.9. The largest absolute Gasteiger partial charge is 0.462 e.